The van der Waals surface area contributed by atoms with Gasteiger partial charge in [-0.3, -0.25) is 4.79 Å². The van der Waals surface area contributed by atoms with E-state index in [0.29, 0.717) is 26.1 Å². The molecule has 14 heavy (non-hydrogen) atoms. The number of hydrogen-bond donors (Lipinski definition) is 4. The van der Waals surface area contributed by atoms with Gasteiger partial charge in [0.2, 0.25) is 0 Å². The van der Waals surface area contributed by atoms with E-state index in [4.69, 9.17) is 5.11 Å². The van der Waals surface area contributed by atoms with E-state index in [1.807, 2.05) is 6.92 Å². The Morgan fingerprint density at radius 1 is 1.64 bits per heavy atom. The summed E-state index contributed by atoms with van der Waals surface area (Å²) in [5.74, 6) is -0.801. The molecule has 0 aromatic carbocycles. The van der Waals surface area contributed by atoms with Crippen LogP contribution in [0.3, 0.4) is 0 Å². The van der Waals surface area contributed by atoms with E-state index in [0.717, 1.165) is 0 Å². The number of aliphatic hydroxyl groups excluding tert-OH is 1. The van der Waals surface area contributed by atoms with Crippen molar-refractivity contribution in [2.24, 2.45) is 0 Å². The average Bonchev–Trinajstić information content (AvgIpc) is 2.08. The Bertz CT molecular complexity index is 204. The Kier molecular flexibility index (Phi) is 3.86. The molecule has 1 atom stereocenters. The predicted octanol–water partition coefficient (Wildman–Crippen LogP) is -0.836. The molecule has 1 unspecified atom stereocenters. The van der Waals surface area contributed by atoms with Crippen LogP contribution in [0.4, 0.5) is 0 Å². The second-order valence-electron chi connectivity index (χ2n) is 3.90. The number of rotatable bonds is 6. The van der Waals surface area contributed by atoms with Gasteiger partial charge >= 0.3 is 5.97 Å². The Balaban J connectivity index is 2.34. The fourth-order valence-electron chi connectivity index (χ4n) is 1.51. The summed E-state index contributed by atoms with van der Waals surface area (Å²) in [6.45, 7) is 3.69. The van der Waals surface area contributed by atoms with Gasteiger partial charge in [0.1, 0.15) is 0 Å². The Hall–Kier alpha value is -0.650. The molecule has 0 saturated carbocycles. The smallest absolute Gasteiger partial charge is 0.305 e. The third kappa shape index (κ3) is 2.94. The lowest BCUT2D eigenvalue weighted by atomic mass is 9.88. The van der Waals surface area contributed by atoms with E-state index < -0.39 is 5.97 Å². The molecule has 82 valence electrons. The molecule has 1 saturated heterocycles. The Morgan fingerprint density at radius 3 is 2.64 bits per heavy atom. The molecule has 0 aliphatic carbocycles. The number of nitrogens with one attached hydrogen (secondary N) is 2. The minimum Gasteiger partial charge on any atom is -0.481 e. The standard InChI is InChI=1S/C9H18N2O3/c1-2-7(12)4-11-9(3-8(13)14)5-10-6-9/h7,10-12H,2-6H2,1H3,(H,13,14). The van der Waals surface area contributed by atoms with Gasteiger partial charge in [0, 0.05) is 19.6 Å². The first-order valence-electron chi connectivity index (χ1n) is 4.93. The fourth-order valence-corrected chi connectivity index (χ4v) is 1.51. The largest absolute Gasteiger partial charge is 0.481 e. The van der Waals surface area contributed by atoms with Gasteiger partial charge in [0.15, 0.2) is 0 Å². The molecule has 0 radical (unpaired) electrons. The first kappa shape index (κ1) is 11.4. The van der Waals surface area contributed by atoms with Crippen molar-refractivity contribution in [3.05, 3.63) is 0 Å². The van der Waals surface area contributed by atoms with Crippen molar-refractivity contribution in [1.82, 2.24) is 10.6 Å². The van der Waals surface area contributed by atoms with Crippen molar-refractivity contribution in [3.8, 4) is 0 Å². The van der Waals surface area contributed by atoms with E-state index in [-0.39, 0.29) is 18.1 Å². The summed E-state index contributed by atoms with van der Waals surface area (Å²) in [5, 5.41) is 24.2. The van der Waals surface area contributed by atoms with E-state index in [1.165, 1.54) is 0 Å². The maximum absolute atomic E-state index is 10.6. The Labute approximate surface area is 83.5 Å². The van der Waals surface area contributed by atoms with Gasteiger partial charge in [0.05, 0.1) is 18.1 Å². The molecular weight excluding hydrogens is 184 g/mol. The van der Waals surface area contributed by atoms with Crippen LogP contribution in [0.25, 0.3) is 0 Å². The van der Waals surface area contributed by atoms with Gasteiger partial charge in [-0.15, -0.1) is 0 Å². The molecule has 0 amide bonds. The summed E-state index contributed by atoms with van der Waals surface area (Å²) in [5.41, 5.74) is -0.345. The van der Waals surface area contributed by atoms with Gasteiger partial charge in [-0.1, -0.05) is 6.92 Å². The summed E-state index contributed by atoms with van der Waals surface area (Å²) < 4.78 is 0. The summed E-state index contributed by atoms with van der Waals surface area (Å²) >= 11 is 0. The van der Waals surface area contributed by atoms with Crippen LogP contribution in [0.2, 0.25) is 0 Å². The van der Waals surface area contributed by atoms with E-state index >= 15 is 0 Å². The number of carboxylic acids is 1. The van der Waals surface area contributed by atoms with E-state index in [2.05, 4.69) is 10.6 Å². The van der Waals surface area contributed by atoms with Crippen molar-refractivity contribution in [3.63, 3.8) is 0 Å². The quantitative estimate of drug-likeness (QED) is 0.452. The van der Waals surface area contributed by atoms with Crippen molar-refractivity contribution < 1.29 is 15.0 Å². The molecule has 1 fully saturated rings. The van der Waals surface area contributed by atoms with Crippen LogP contribution < -0.4 is 10.6 Å². The summed E-state index contributed by atoms with van der Waals surface area (Å²) in [4.78, 5) is 10.6. The zero-order valence-electron chi connectivity index (χ0n) is 8.42. The molecule has 1 aliphatic heterocycles. The van der Waals surface area contributed by atoms with Crippen molar-refractivity contribution in [2.45, 2.75) is 31.4 Å². The second-order valence-corrected chi connectivity index (χ2v) is 3.90. The summed E-state index contributed by atoms with van der Waals surface area (Å²) in [6, 6.07) is 0. The molecule has 0 bridgehead atoms. The Morgan fingerprint density at radius 2 is 2.29 bits per heavy atom. The number of carbonyl (C=O) groups is 1. The van der Waals surface area contributed by atoms with Crippen LogP contribution >= 0.6 is 0 Å². The molecule has 0 aromatic heterocycles. The second kappa shape index (κ2) is 4.72. The molecule has 0 aromatic rings. The van der Waals surface area contributed by atoms with Crippen LogP contribution in [0, 0.1) is 0 Å². The highest BCUT2D eigenvalue weighted by atomic mass is 16.4. The fraction of sp³-hybridized carbons (Fsp3) is 0.889. The SMILES string of the molecule is CCC(O)CNC1(CC(=O)O)CNC1. The molecule has 5 nitrogen and oxygen atoms in total. The van der Waals surface area contributed by atoms with Crippen LogP contribution in [-0.2, 0) is 4.79 Å². The zero-order valence-corrected chi connectivity index (χ0v) is 8.42. The summed E-state index contributed by atoms with van der Waals surface area (Å²) in [7, 11) is 0. The molecule has 5 heteroatoms. The number of hydrogen-bond acceptors (Lipinski definition) is 4. The predicted molar refractivity (Wildman–Crippen MR) is 52.2 cm³/mol. The molecule has 4 N–H and O–H groups in total. The lowest BCUT2D eigenvalue weighted by Crippen LogP contribution is -2.69. The normalized spacial score (nSPS) is 21.3. The highest BCUT2D eigenvalue weighted by Crippen LogP contribution is 2.15. The molecule has 1 heterocycles. The molecule has 1 aliphatic rings. The number of aliphatic hydroxyl groups is 1. The summed E-state index contributed by atoms with van der Waals surface area (Å²) in [6.07, 6.45) is 0.404. The van der Waals surface area contributed by atoms with Gasteiger partial charge in [-0.25, -0.2) is 0 Å². The number of aliphatic carboxylic acids is 1. The molecule has 1 rings (SSSR count). The topological polar surface area (TPSA) is 81.6 Å². The van der Waals surface area contributed by atoms with Crippen LogP contribution in [-0.4, -0.2) is 47.5 Å². The third-order valence-corrected chi connectivity index (χ3v) is 2.60. The van der Waals surface area contributed by atoms with Gasteiger partial charge in [-0.05, 0) is 6.42 Å². The first-order valence-corrected chi connectivity index (χ1v) is 4.93. The van der Waals surface area contributed by atoms with Crippen molar-refractivity contribution >= 4 is 5.97 Å². The van der Waals surface area contributed by atoms with Crippen molar-refractivity contribution in [1.29, 1.82) is 0 Å². The molecule has 0 spiro atoms. The van der Waals surface area contributed by atoms with E-state index in [1.54, 1.807) is 0 Å². The highest BCUT2D eigenvalue weighted by molar-refractivity contribution is 5.68. The third-order valence-electron chi connectivity index (χ3n) is 2.60. The molecular formula is C9H18N2O3. The van der Waals surface area contributed by atoms with Crippen LogP contribution in [0.5, 0.6) is 0 Å². The van der Waals surface area contributed by atoms with Crippen LogP contribution in [0.15, 0.2) is 0 Å². The highest BCUT2D eigenvalue weighted by Gasteiger charge is 2.38. The van der Waals surface area contributed by atoms with E-state index in [9.17, 15) is 9.90 Å². The minimum absolute atomic E-state index is 0.108. The maximum Gasteiger partial charge on any atom is 0.305 e. The van der Waals surface area contributed by atoms with Gasteiger partial charge in [-0.2, -0.15) is 0 Å². The number of β-amino-alcohol motifs (C(OH)–C–C–N with tert-alkyl or cyclic N) is 1. The van der Waals surface area contributed by atoms with Crippen molar-refractivity contribution in [2.75, 3.05) is 19.6 Å². The van der Waals surface area contributed by atoms with Crippen LogP contribution in [0.1, 0.15) is 19.8 Å². The maximum atomic E-state index is 10.6. The van der Waals surface area contributed by atoms with Gasteiger partial charge in [0.25, 0.3) is 0 Å². The average molecular weight is 202 g/mol. The lowest BCUT2D eigenvalue weighted by Gasteiger charge is -2.43. The first-order chi connectivity index (χ1) is 6.58. The minimum atomic E-state index is -0.801. The monoisotopic (exact) mass is 202 g/mol. The van der Waals surface area contributed by atoms with Gasteiger partial charge < -0.3 is 20.8 Å². The number of carboxylic acid groups (broad SMARTS) is 1. The zero-order chi connectivity index (χ0) is 10.6. The lowest BCUT2D eigenvalue weighted by molar-refractivity contribution is -0.139.